The van der Waals surface area contributed by atoms with Crippen molar-refractivity contribution in [2.24, 2.45) is 5.92 Å². The van der Waals surface area contributed by atoms with E-state index in [0.29, 0.717) is 19.5 Å². The Morgan fingerprint density at radius 3 is 2.71 bits per heavy atom. The fourth-order valence-corrected chi connectivity index (χ4v) is 3.98. The fourth-order valence-electron chi connectivity index (χ4n) is 3.98. The van der Waals surface area contributed by atoms with E-state index in [4.69, 9.17) is 0 Å². The van der Waals surface area contributed by atoms with Gasteiger partial charge in [0.05, 0.1) is 5.60 Å². The molecule has 0 radical (unpaired) electrons. The molecular formula is C17H23NO3. The quantitative estimate of drug-likeness (QED) is 0.897. The van der Waals surface area contributed by atoms with Crippen LogP contribution in [0, 0.1) is 5.92 Å². The first-order chi connectivity index (χ1) is 10.1. The van der Waals surface area contributed by atoms with E-state index in [1.54, 1.807) is 0 Å². The second-order valence-electron chi connectivity index (χ2n) is 6.44. The van der Waals surface area contributed by atoms with E-state index >= 15 is 0 Å². The van der Waals surface area contributed by atoms with Crippen LogP contribution in [0.2, 0.25) is 0 Å². The van der Waals surface area contributed by atoms with Gasteiger partial charge in [0.15, 0.2) is 0 Å². The number of fused-ring (bicyclic) bond motifs is 1. The van der Waals surface area contributed by atoms with Gasteiger partial charge < -0.3 is 10.2 Å². The lowest BCUT2D eigenvalue weighted by Gasteiger charge is -2.48. The number of carboxylic acids is 1. The van der Waals surface area contributed by atoms with Gasteiger partial charge in [0.2, 0.25) is 0 Å². The Bertz CT molecular complexity index is 504. The van der Waals surface area contributed by atoms with Gasteiger partial charge in [0, 0.05) is 19.0 Å². The molecular weight excluding hydrogens is 266 g/mol. The number of carbonyl (C=O) groups is 1. The van der Waals surface area contributed by atoms with Crippen molar-refractivity contribution in [1.82, 2.24) is 4.90 Å². The fraction of sp³-hybridized carbons (Fsp3) is 0.588. The maximum absolute atomic E-state index is 11.7. The number of likely N-dealkylation sites (tertiary alicyclic amines) is 1. The Balaban J connectivity index is 1.80. The van der Waals surface area contributed by atoms with Crippen LogP contribution in [0.4, 0.5) is 0 Å². The Kier molecular flexibility index (Phi) is 4.00. The highest BCUT2D eigenvalue weighted by Crippen LogP contribution is 2.41. The number of aliphatic hydroxyl groups is 1. The summed E-state index contributed by atoms with van der Waals surface area (Å²) in [7, 11) is 0. The molecule has 4 heteroatoms. The average molecular weight is 289 g/mol. The van der Waals surface area contributed by atoms with Crippen molar-refractivity contribution in [2.75, 3.05) is 13.1 Å². The molecule has 2 N–H and O–H groups in total. The van der Waals surface area contributed by atoms with Crippen LogP contribution in [0.5, 0.6) is 0 Å². The van der Waals surface area contributed by atoms with E-state index in [1.807, 2.05) is 35.2 Å². The molecule has 0 spiro atoms. The molecule has 1 saturated heterocycles. The van der Waals surface area contributed by atoms with Crippen molar-refractivity contribution < 1.29 is 15.0 Å². The van der Waals surface area contributed by atoms with Crippen LogP contribution in [-0.4, -0.2) is 39.8 Å². The standard InChI is InChI=1S/C17H23NO3/c19-16(20)15(13-6-2-1-3-7-13)18-11-10-17(21)9-5-4-8-14(17)12-18/h1-3,6-7,14-15,21H,4-5,8-12H2,(H,19,20). The van der Waals surface area contributed by atoms with Gasteiger partial charge in [-0.1, -0.05) is 43.2 Å². The van der Waals surface area contributed by atoms with Gasteiger partial charge >= 0.3 is 5.97 Å². The average Bonchev–Trinajstić information content (AvgIpc) is 2.48. The summed E-state index contributed by atoms with van der Waals surface area (Å²) >= 11 is 0. The summed E-state index contributed by atoms with van der Waals surface area (Å²) < 4.78 is 0. The minimum absolute atomic E-state index is 0.213. The highest BCUT2D eigenvalue weighted by Gasteiger charge is 2.45. The number of piperidine rings is 1. The zero-order chi connectivity index (χ0) is 14.9. The van der Waals surface area contributed by atoms with Gasteiger partial charge in [-0.25, -0.2) is 0 Å². The second-order valence-corrected chi connectivity index (χ2v) is 6.44. The van der Waals surface area contributed by atoms with Gasteiger partial charge in [-0.05, 0) is 24.8 Å². The van der Waals surface area contributed by atoms with Gasteiger partial charge in [-0.3, -0.25) is 9.69 Å². The van der Waals surface area contributed by atoms with Crippen molar-refractivity contribution in [3.05, 3.63) is 35.9 Å². The summed E-state index contributed by atoms with van der Waals surface area (Å²) in [4.78, 5) is 13.8. The predicted molar refractivity (Wildman–Crippen MR) is 79.9 cm³/mol. The Morgan fingerprint density at radius 2 is 2.00 bits per heavy atom. The van der Waals surface area contributed by atoms with Gasteiger partial charge in [-0.15, -0.1) is 0 Å². The maximum Gasteiger partial charge on any atom is 0.325 e. The van der Waals surface area contributed by atoms with E-state index in [9.17, 15) is 15.0 Å². The lowest BCUT2D eigenvalue weighted by atomic mass is 9.71. The predicted octanol–water partition coefficient (Wildman–Crippen LogP) is 2.44. The molecule has 1 saturated carbocycles. The van der Waals surface area contributed by atoms with Crippen molar-refractivity contribution in [3.63, 3.8) is 0 Å². The number of hydrogen-bond donors (Lipinski definition) is 2. The number of carboxylic acid groups (broad SMARTS) is 1. The normalized spacial score (nSPS) is 31.4. The summed E-state index contributed by atoms with van der Waals surface area (Å²) in [5.74, 6) is -0.590. The van der Waals surface area contributed by atoms with Crippen LogP contribution in [0.15, 0.2) is 30.3 Å². The first-order valence-corrected chi connectivity index (χ1v) is 7.84. The molecule has 0 amide bonds. The van der Waals surface area contributed by atoms with Crippen LogP contribution < -0.4 is 0 Å². The van der Waals surface area contributed by atoms with Crippen LogP contribution in [0.1, 0.15) is 43.7 Å². The summed E-state index contributed by atoms with van der Waals surface area (Å²) in [6, 6.07) is 8.82. The topological polar surface area (TPSA) is 60.8 Å². The summed E-state index contributed by atoms with van der Waals surface area (Å²) in [5, 5.41) is 20.4. The number of benzene rings is 1. The zero-order valence-corrected chi connectivity index (χ0v) is 12.2. The molecule has 0 aromatic heterocycles. The summed E-state index contributed by atoms with van der Waals surface area (Å²) in [6.45, 7) is 1.33. The van der Waals surface area contributed by atoms with Crippen molar-refractivity contribution in [1.29, 1.82) is 0 Å². The summed E-state index contributed by atoms with van der Waals surface area (Å²) in [6.07, 6.45) is 4.80. The number of nitrogens with zero attached hydrogens (tertiary/aromatic N) is 1. The first kappa shape index (κ1) is 14.5. The Morgan fingerprint density at radius 1 is 1.24 bits per heavy atom. The number of rotatable bonds is 3. The highest BCUT2D eigenvalue weighted by molar-refractivity contribution is 5.75. The maximum atomic E-state index is 11.7. The lowest BCUT2D eigenvalue weighted by Crippen LogP contribution is -2.54. The molecule has 2 aliphatic rings. The van der Waals surface area contributed by atoms with Gasteiger partial charge in [0.25, 0.3) is 0 Å². The largest absolute Gasteiger partial charge is 0.480 e. The van der Waals surface area contributed by atoms with E-state index in [0.717, 1.165) is 31.2 Å². The van der Waals surface area contributed by atoms with Crippen LogP contribution >= 0.6 is 0 Å². The Labute approximate surface area is 125 Å². The molecule has 0 bridgehead atoms. The summed E-state index contributed by atoms with van der Waals surface area (Å²) in [5.41, 5.74) is 0.264. The first-order valence-electron chi connectivity index (χ1n) is 7.84. The SMILES string of the molecule is O=C(O)C(c1ccccc1)N1CCC2(O)CCCCC2C1. The molecule has 114 valence electrons. The highest BCUT2D eigenvalue weighted by atomic mass is 16.4. The number of aliphatic carboxylic acids is 1. The van der Waals surface area contributed by atoms with Crippen LogP contribution in [0.25, 0.3) is 0 Å². The molecule has 1 aliphatic heterocycles. The van der Waals surface area contributed by atoms with E-state index in [-0.39, 0.29) is 5.92 Å². The van der Waals surface area contributed by atoms with Crippen LogP contribution in [-0.2, 0) is 4.79 Å². The van der Waals surface area contributed by atoms with E-state index in [2.05, 4.69) is 0 Å². The molecule has 3 rings (SSSR count). The Hall–Kier alpha value is -1.39. The van der Waals surface area contributed by atoms with Gasteiger partial charge in [-0.2, -0.15) is 0 Å². The smallest absolute Gasteiger partial charge is 0.325 e. The molecule has 1 aromatic carbocycles. The molecule has 1 aliphatic carbocycles. The van der Waals surface area contributed by atoms with Crippen molar-refractivity contribution in [2.45, 2.75) is 43.7 Å². The molecule has 1 aromatic rings. The minimum Gasteiger partial charge on any atom is -0.480 e. The third-order valence-corrected chi connectivity index (χ3v) is 5.17. The van der Waals surface area contributed by atoms with E-state index < -0.39 is 17.6 Å². The third-order valence-electron chi connectivity index (χ3n) is 5.17. The molecule has 2 fully saturated rings. The monoisotopic (exact) mass is 289 g/mol. The molecule has 4 nitrogen and oxygen atoms in total. The van der Waals surface area contributed by atoms with Crippen molar-refractivity contribution >= 4 is 5.97 Å². The minimum atomic E-state index is -0.803. The molecule has 3 atom stereocenters. The van der Waals surface area contributed by atoms with E-state index in [1.165, 1.54) is 0 Å². The van der Waals surface area contributed by atoms with Crippen LogP contribution in [0.3, 0.4) is 0 Å². The third kappa shape index (κ3) is 2.83. The lowest BCUT2D eigenvalue weighted by molar-refractivity contribution is -0.150. The molecule has 3 unspecified atom stereocenters. The van der Waals surface area contributed by atoms with Gasteiger partial charge in [0.1, 0.15) is 6.04 Å². The number of hydrogen-bond acceptors (Lipinski definition) is 3. The zero-order valence-electron chi connectivity index (χ0n) is 12.2. The van der Waals surface area contributed by atoms with Crippen molar-refractivity contribution in [3.8, 4) is 0 Å². The second kappa shape index (κ2) is 5.78. The molecule has 1 heterocycles. The molecule has 21 heavy (non-hydrogen) atoms.